The fourth-order valence-electron chi connectivity index (χ4n) is 1.50. The molecular formula is C14H12FNO4S. The summed E-state index contributed by atoms with van der Waals surface area (Å²) in [6, 6.07) is 8.67. The van der Waals surface area contributed by atoms with Gasteiger partial charge in [-0.2, -0.15) is 0 Å². The van der Waals surface area contributed by atoms with E-state index in [2.05, 4.69) is 5.32 Å². The molecule has 0 aliphatic rings. The fraction of sp³-hybridized carbons (Fsp3) is 0.143. The number of furan rings is 1. The standard InChI is InChI=1S/C14H12FNO4S/c15-10-3-1-9(2-4-10)7-16-12(17)8-21-13-6-5-11(20-13)14(18)19/h1-6H,7-8H2,(H,16,17)(H,18,19). The summed E-state index contributed by atoms with van der Waals surface area (Å²) in [6.07, 6.45) is 0. The van der Waals surface area contributed by atoms with Gasteiger partial charge in [0.05, 0.1) is 5.75 Å². The zero-order valence-electron chi connectivity index (χ0n) is 10.8. The second-order valence-electron chi connectivity index (χ2n) is 4.12. The highest BCUT2D eigenvalue weighted by molar-refractivity contribution is 7.99. The summed E-state index contributed by atoms with van der Waals surface area (Å²) >= 11 is 1.10. The van der Waals surface area contributed by atoms with Gasteiger partial charge in [0.2, 0.25) is 11.7 Å². The third-order valence-electron chi connectivity index (χ3n) is 2.54. The number of nitrogens with one attached hydrogen (secondary N) is 1. The van der Waals surface area contributed by atoms with Crippen LogP contribution in [0.25, 0.3) is 0 Å². The van der Waals surface area contributed by atoms with Gasteiger partial charge >= 0.3 is 5.97 Å². The molecule has 2 rings (SSSR count). The molecule has 2 aromatic rings. The minimum atomic E-state index is -1.15. The van der Waals surface area contributed by atoms with Gasteiger partial charge in [0.1, 0.15) is 5.82 Å². The number of carbonyl (C=O) groups is 2. The van der Waals surface area contributed by atoms with Gasteiger partial charge in [-0.15, -0.1) is 0 Å². The summed E-state index contributed by atoms with van der Waals surface area (Å²) in [7, 11) is 0. The van der Waals surface area contributed by atoms with E-state index in [-0.39, 0.29) is 23.2 Å². The molecule has 1 aromatic carbocycles. The van der Waals surface area contributed by atoms with Crippen molar-refractivity contribution in [1.82, 2.24) is 5.32 Å². The van der Waals surface area contributed by atoms with Gasteiger partial charge in [-0.05, 0) is 29.8 Å². The predicted octanol–water partition coefficient (Wildman–Crippen LogP) is 2.53. The minimum absolute atomic E-state index is 0.105. The Labute approximate surface area is 124 Å². The molecule has 1 amide bonds. The molecule has 0 unspecified atom stereocenters. The average molecular weight is 309 g/mol. The van der Waals surface area contributed by atoms with Crippen molar-refractivity contribution in [3.05, 3.63) is 53.5 Å². The summed E-state index contributed by atoms with van der Waals surface area (Å²) in [5.74, 6) is -1.76. The van der Waals surface area contributed by atoms with Gasteiger partial charge in [0, 0.05) is 6.54 Å². The van der Waals surface area contributed by atoms with Crippen molar-refractivity contribution in [2.45, 2.75) is 11.6 Å². The number of thioether (sulfide) groups is 1. The Morgan fingerprint density at radius 3 is 2.52 bits per heavy atom. The molecule has 7 heteroatoms. The number of rotatable bonds is 6. The molecule has 5 nitrogen and oxygen atoms in total. The lowest BCUT2D eigenvalue weighted by molar-refractivity contribution is -0.118. The Morgan fingerprint density at radius 2 is 1.90 bits per heavy atom. The molecule has 0 fully saturated rings. The smallest absolute Gasteiger partial charge is 0.371 e. The minimum Gasteiger partial charge on any atom is -0.475 e. The van der Waals surface area contributed by atoms with Crippen LogP contribution in [0.1, 0.15) is 16.1 Å². The molecule has 2 N–H and O–H groups in total. The van der Waals surface area contributed by atoms with Gasteiger partial charge in [-0.1, -0.05) is 23.9 Å². The lowest BCUT2D eigenvalue weighted by atomic mass is 10.2. The molecule has 0 spiro atoms. The number of hydrogen-bond donors (Lipinski definition) is 2. The van der Waals surface area contributed by atoms with Crippen LogP contribution in [0.2, 0.25) is 0 Å². The predicted molar refractivity (Wildman–Crippen MR) is 74.6 cm³/mol. The number of benzene rings is 1. The zero-order valence-corrected chi connectivity index (χ0v) is 11.7. The Balaban J connectivity index is 1.76. The number of carboxylic acid groups (broad SMARTS) is 1. The molecule has 0 aliphatic heterocycles. The maximum absolute atomic E-state index is 12.7. The summed E-state index contributed by atoms with van der Waals surface area (Å²) < 4.78 is 17.7. The van der Waals surface area contributed by atoms with Crippen LogP contribution in [0.3, 0.4) is 0 Å². The number of carboxylic acids is 1. The maximum atomic E-state index is 12.7. The molecular weight excluding hydrogens is 297 g/mol. The molecule has 0 bridgehead atoms. The van der Waals surface area contributed by atoms with E-state index in [1.165, 1.54) is 24.3 Å². The molecule has 1 heterocycles. The van der Waals surface area contributed by atoms with E-state index in [4.69, 9.17) is 9.52 Å². The monoisotopic (exact) mass is 309 g/mol. The number of aromatic carboxylic acids is 1. The van der Waals surface area contributed by atoms with E-state index in [0.29, 0.717) is 11.6 Å². The first-order valence-electron chi connectivity index (χ1n) is 6.01. The molecule has 0 atom stereocenters. The number of hydrogen-bond acceptors (Lipinski definition) is 4. The van der Waals surface area contributed by atoms with E-state index in [1.54, 1.807) is 12.1 Å². The van der Waals surface area contributed by atoms with Crippen LogP contribution in [0.4, 0.5) is 4.39 Å². The first-order chi connectivity index (χ1) is 10.0. The number of amides is 1. The van der Waals surface area contributed by atoms with Gasteiger partial charge in [-0.3, -0.25) is 4.79 Å². The van der Waals surface area contributed by atoms with Crippen molar-refractivity contribution >= 4 is 23.6 Å². The molecule has 0 radical (unpaired) electrons. The van der Waals surface area contributed by atoms with Crippen molar-refractivity contribution in [2.24, 2.45) is 0 Å². The first-order valence-corrected chi connectivity index (χ1v) is 7.00. The summed E-state index contributed by atoms with van der Waals surface area (Å²) in [6.45, 7) is 0.304. The fourth-order valence-corrected chi connectivity index (χ4v) is 2.19. The largest absolute Gasteiger partial charge is 0.475 e. The van der Waals surface area contributed by atoms with Gasteiger partial charge in [0.25, 0.3) is 0 Å². The maximum Gasteiger partial charge on any atom is 0.371 e. The van der Waals surface area contributed by atoms with E-state index in [1.807, 2.05) is 0 Å². The topological polar surface area (TPSA) is 79.5 Å². The van der Waals surface area contributed by atoms with Gasteiger partial charge in [0.15, 0.2) is 5.09 Å². The van der Waals surface area contributed by atoms with Crippen molar-refractivity contribution < 1.29 is 23.5 Å². The number of halogens is 1. The molecule has 110 valence electrons. The summed E-state index contributed by atoms with van der Waals surface area (Å²) in [5, 5.41) is 11.7. The summed E-state index contributed by atoms with van der Waals surface area (Å²) in [5.41, 5.74) is 0.793. The number of carbonyl (C=O) groups excluding carboxylic acids is 1. The second-order valence-corrected chi connectivity index (χ2v) is 5.10. The Bertz CT molecular complexity index is 639. The normalized spacial score (nSPS) is 10.3. The van der Waals surface area contributed by atoms with E-state index >= 15 is 0 Å². The Kier molecular flexibility index (Phi) is 4.99. The van der Waals surface area contributed by atoms with Crippen LogP contribution >= 0.6 is 11.8 Å². The van der Waals surface area contributed by atoms with Crippen LogP contribution in [0.15, 0.2) is 45.9 Å². The van der Waals surface area contributed by atoms with Crippen molar-refractivity contribution in [1.29, 1.82) is 0 Å². The van der Waals surface area contributed by atoms with Crippen molar-refractivity contribution in [2.75, 3.05) is 5.75 Å². The average Bonchev–Trinajstić information content (AvgIpc) is 2.93. The molecule has 0 saturated carbocycles. The molecule has 1 aromatic heterocycles. The van der Waals surface area contributed by atoms with E-state index < -0.39 is 5.97 Å². The molecule has 0 aliphatic carbocycles. The lowest BCUT2D eigenvalue weighted by Gasteiger charge is -2.04. The van der Waals surface area contributed by atoms with Crippen molar-refractivity contribution in [3.63, 3.8) is 0 Å². The van der Waals surface area contributed by atoms with Gasteiger partial charge < -0.3 is 14.8 Å². The zero-order chi connectivity index (χ0) is 15.2. The van der Waals surface area contributed by atoms with Crippen LogP contribution < -0.4 is 5.32 Å². The Morgan fingerprint density at radius 1 is 1.19 bits per heavy atom. The molecule has 21 heavy (non-hydrogen) atoms. The van der Waals surface area contributed by atoms with E-state index in [9.17, 15) is 14.0 Å². The van der Waals surface area contributed by atoms with Crippen LogP contribution in [-0.2, 0) is 11.3 Å². The highest BCUT2D eigenvalue weighted by Crippen LogP contribution is 2.20. The second kappa shape index (κ2) is 6.94. The van der Waals surface area contributed by atoms with Crippen molar-refractivity contribution in [3.8, 4) is 0 Å². The van der Waals surface area contributed by atoms with Crippen LogP contribution in [-0.4, -0.2) is 22.7 Å². The van der Waals surface area contributed by atoms with Crippen LogP contribution in [0, 0.1) is 5.82 Å². The quantitative estimate of drug-likeness (QED) is 0.802. The van der Waals surface area contributed by atoms with E-state index in [0.717, 1.165) is 17.3 Å². The van der Waals surface area contributed by atoms with Crippen LogP contribution in [0.5, 0.6) is 0 Å². The lowest BCUT2D eigenvalue weighted by Crippen LogP contribution is -2.24. The molecule has 0 saturated heterocycles. The SMILES string of the molecule is O=C(CSc1ccc(C(=O)O)o1)NCc1ccc(F)cc1. The third-order valence-corrected chi connectivity index (χ3v) is 3.45. The first kappa shape index (κ1) is 15.1. The Hall–Kier alpha value is -2.28. The highest BCUT2D eigenvalue weighted by atomic mass is 32.2. The highest BCUT2D eigenvalue weighted by Gasteiger charge is 2.10. The van der Waals surface area contributed by atoms with Gasteiger partial charge in [-0.25, -0.2) is 9.18 Å². The third kappa shape index (κ3) is 4.64. The summed E-state index contributed by atoms with van der Waals surface area (Å²) in [4.78, 5) is 22.3.